The molecule has 6 heteroatoms. The lowest BCUT2D eigenvalue weighted by Crippen LogP contribution is -2.01. The second-order valence-corrected chi connectivity index (χ2v) is 13.9. The number of thiophene rings is 1. The third-order valence-corrected chi connectivity index (χ3v) is 11.0. The number of para-hydroxylation sites is 2. The Morgan fingerprint density at radius 1 is 0.431 bits per heavy atom. The van der Waals surface area contributed by atoms with Crippen LogP contribution in [-0.2, 0) is 0 Å². The number of furan rings is 1. The molecule has 0 N–H and O–H groups in total. The van der Waals surface area contributed by atoms with Gasteiger partial charge < -0.3 is 8.98 Å². The Bertz CT molecular complexity index is 3080. The van der Waals surface area contributed by atoms with Crippen molar-refractivity contribution in [3.8, 4) is 39.9 Å². The number of rotatable bonds is 4. The monoisotopic (exact) mass is 670 g/mol. The Hall–Kier alpha value is -6.63. The molecule has 4 aromatic heterocycles. The van der Waals surface area contributed by atoms with Crippen LogP contribution in [0, 0.1) is 0 Å². The molecule has 0 spiro atoms. The molecule has 5 nitrogen and oxygen atoms in total. The first kappa shape index (κ1) is 28.2. The molecule has 51 heavy (non-hydrogen) atoms. The topological polar surface area (TPSA) is 56.7 Å². The maximum Gasteiger partial charge on any atom is 0.164 e. The largest absolute Gasteiger partial charge is 0.456 e. The molecular formula is C45H26N4OS. The summed E-state index contributed by atoms with van der Waals surface area (Å²) in [6, 6.07) is 54.8. The van der Waals surface area contributed by atoms with Gasteiger partial charge in [-0.05, 0) is 42.5 Å². The van der Waals surface area contributed by atoms with Crippen molar-refractivity contribution in [2.75, 3.05) is 0 Å². The van der Waals surface area contributed by atoms with E-state index in [1.54, 1.807) is 11.3 Å². The van der Waals surface area contributed by atoms with Crippen molar-refractivity contribution in [1.82, 2.24) is 19.5 Å². The molecule has 238 valence electrons. The quantitative estimate of drug-likeness (QED) is 0.187. The molecule has 0 aliphatic rings. The SMILES string of the molecule is c1ccc(-c2nc(-c3ccccc3)nc(-c3cc(-n4c5ccccc5c5c6c(ccc54)oc4ccccc46)cc4sc5ccccc5c34)n2)cc1. The predicted molar refractivity (Wildman–Crippen MR) is 211 cm³/mol. The lowest BCUT2D eigenvalue weighted by molar-refractivity contribution is 0.669. The second-order valence-electron chi connectivity index (χ2n) is 12.8. The van der Waals surface area contributed by atoms with E-state index < -0.39 is 0 Å². The van der Waals surface area contributed by atoms with Crippen molar-refractivity contribution in [3.05, 3.63) is 158 Å². The average Bonchev–Trinajstić information content (AvgIpc) is 3.87. The summed E-state index contributed by atoms with van der Waals surface area (Å²) in [7, 11) is 0. The first-order valence-electron chi connectivity index (χ1n) is 16.9. The number of hydrogen-bond donors (Lipinski definition) is 0. The zero-order chi connectivity index (χ0) is 33.5. The minimum absolute atomic E-state index is 0.641. The van der Waals surface area contributed by atoms with Crippen molar-refractivity contribution in [2.45, 2.75) is 0 Å². The van der Waals surface area contributed by atoms with E-state index in [1.807, 2.05) is 48.5 Å². The number of nitrogens with zero attached hydrogens (tertiary/aromatic N) is 4. The lowest BCUT2D eigenvalue weighted by atomic mass is 10.0. The van der Waals surface area contributed by atoms with Crippen LogP contribution in [0.4, 0.5) is 0 Å². The fourth-order valence-electron chi connectivity index (χ4n) is 7.63. The summed E-state index contributed by atoms with van der Waals surface area (Å²) < 4.78 is 11.1. The third-order valence-electron chi connectivity index (χ3n) is 9.84. The number of benzene rings is 7. The van der Waals surface area contributed by atoms with Gasteiger partial charge in [-0.2, -0.15) is 0 Å². The molecule has 0 bridgehead atoms. The van der Waals surface area contributed by atoms with Crippen LogP contribution in [0.2, 0.25) is 0 Å². The molecule has 7 aromatic carbocycles. The van der Waals surface area contributed by atoms with Gasteiger partial charge in [-0.1, -0.05) is 115 Å². The highest BCUT2D eigenvalue weighted by atomic mass is 32.1. The number of aromatic nitrogens is 4. The van der Waals surface area contributed by atoms with Crippen LogP contribution in [0.25, 0.3) is 104 Å². The van der Waals surface area contributed by atoms with Crippen molar-refractivity contribution in [1.29, 1.82) is 0 Å². The fraction of sp³-hybridized carbons (Fsp3) is 0. The van der Waals surface area contributed by atoms with E-state index >= 15 is 0 Å². The summed E-state index contributed by atoms with van der Waals surface area (Å²) in [4.78, 5) is 15.4. The molecule has 0 unspecified atom stereocenters. The molecule has 0 aliphatic heterocycles. The summed E-state index contributed by atoms with van der Waals surface area (Å²) in [5.74, 6) is 1.93. The third kappa shape index (κ3) is 4.30. The standard InChI is InChI=1S/C45H26N4OS/c1-3-13-27(14-4-1)43-46-44(28-15-5-2-6-16-28)48-45(47-43)33-25-29(26-39-40(33)32-19-9-12-22-38(32)51-39)49-34-20-10-7-17-30(34)41-35(49)23-24-37-42(41)31-18-8-11-21-36(31)50-37/h1-26H. The summed E-state index contributed by atoms with van der Waals surface area (Å²) in [6.45, 7) is 0. The van der Waals surface area contributed by atoms with Gasteiger partial charge in [0.2, 0.25) is 0 Å². The average molecular weight is 671 g/mol. The fourth-order valence-corrected chi connectivity index (χ4v) is 8.79. The molecule has 0 saturated heterocycles. The second kappa shape index (κ2) is 10.9. The van der Waals surface area contributed by atoms with E-state index in [0.29, 0.717) is 17.5 Å². The van der Waals surface area contributed by atoms with Crippen molar-refractivity contribution >= 4 is 75.3 Å². The van der Waals surface area contributed by atoms with Gasteiger partial charge in [0.05, 0.1) is 11.0 Å². The van der Waals surface area contributed by atoms with Gasteiger partial charge in [0.25, 0.3) is 0 Å². The smallest absolute Gasteiger partial charge is 0.164 e. The molecule has 0 saturated carbocycles. The molecule has 0 atom stereocenters. The zero-order valence-electron chi connectivity index (χ0n) is 27.1. The van der Waals surface area contributed by atoms with Crippen LogP contribution in [0.1, 0.15) is 0 Å². The minimum atomic E-state index is 0.641. The van der Waals surface area contributed by atoms with E-state index in [0.717, 1.165) is 60.7 Å². The van der Waals surface area contributed by atoms with Gasteiger partial charge in [-0.25, -0.2) is 15.0 Å². The molecule has 0 radical (unpaired) electrons. The van der Waals surface area contributed by atoms with Gasteiger partial charge in [-0.3, -0.25) is 0 Å². The maximum absolute atomic E-state index is 6.36. The molecule has 11 aromatic rings. The minimum Gasteiger partial charge on any atom is -0.456 e. The molecule has 4 heterocycles. The van der Waals surface area contributed by atoms with Crippen molar-refractivity contribution < 1.29 is 4.42 Å². The van der Waals surface area contributed by atoms with E-state index in [9.17, 15) is 0 Å². The van der Waals surface area contributed by atoms with Crippen LogP contribution < -0.4 is 0 Å². The number of hydrogen-bond acceptors (Lipinski definition) is 5. The van der Waals surface area contributed by atoms with Gasteiger partial charge >= 0.3 is 0 Å². The Balaban J connectivity index is 1.26. The Morgan fingerprint density at radius 3 is 1.82 bits per heavy atom. The van der Waals surface area contributed by atoms with Crippen LogP contribution >= 0.6 is 11.3 Å². The molecule has 11 rings (SSSR count). The van der Waals surface area contributed by atoms with Crippen LogP contribution in [0.3, 0.4) is 0 Å². The Labute approximate surface area is 295 Å². The van der Waals surface area contributed by atoms with Crippen molar-refractivity contribution in [2.24, 2.45) is 0 Å². The van der Waals surface area contributed by atoms with E-state index in [-0.39, 0.29) is 0 Å². The zero-order valence-corrected chi connectivity index (χ0v) is 27.9. The van der Waals surface area contributed by atoms with Crippen molar-refractivity contribution in [3.63, 3.8) is 0 Å². The van der Waals surface area contributed by atoms with Gasteiger partial charge in [0, 0.05) is 64.1 Å². The summed E-state index contributed by atoms with van der Waals surface area (Å²) in [6.07, 6.45) is 0. The van der Waals surface area contributed by atoms with Gasteiger partial charge in [0.15, 0.2) is 17.5 Å². The Kier molecular flexibility index (Phi) is 6.05. The van der Waals surface area contributed by atoms with Crippen LogP contribution in [0.15, 0.2) is 162 Å². The first-order chi connectivity index (χ1) is 25.3. The van der Waals surface area contributed by atoms with E-state index in [2.05, 4.69) is 114 Å². The number of fused-ring (bicyclic) bond motifs is 10. The summed E-state index contributed by atoms with van der Waals surface area (Å²) in [5, 5.41) is 6.96. The first-order valence-corrected chi connectivity index (χ1v) is 17.8. The molecule has 0 fully saturated rings. The van der Waals surface area contributed by atoms with E-state index in [1.165, 1.54) is 25.6 Å². The van der Waals surface area contributed by atoms with E-state index in [4.69, 9.17) is 19.4 Å². The maximum atomic E-state index is 6.36. The normalized spacial score (nSPS) is 11.9. The lowest BCUT2D eigenvalue weighted by Gasteiger charge is -2.13. The summed E-state index contributed by atoms with van der Waals surface area (Å²) >= 11 is 1.80. The highest BCUT2D eigenvalue weighted by Crippen LogP contribution is 2.45. The van der Waals surface area contributed by atoms with Crippen LogP contribution in [0.5, 0.6) is 0 Å². The molecular weight excluding hydrogens is 645 g/mol. The van der Waals surface area contributed by atoms with Gasteiger partial charge in [-0.15, -0.1) is 11.3 Å². The molecule has 0 amide bonds. The van der Waals surface area contributed by atoms with Crippen LogP contribution in [-0.4, -0.2) is 19.5 Å². The molecule has 0 aliphatic carbocycles. The highest BCUT2D eigenvalue weighted by Gasteiger charge is 2.22. The predicted octanol–water partition coefficient (Wildman–Crippen LogP) is 12.2. The van der Waals surface area contributed by atoms with Gasteiger partial charge in [0.1, 0.15) is 11.2 Å². The highest BCUT2D eigenvalue weighted by molar-refractivity contribution is 7.26. The Morgan fingerprint density at radius 2 is 1.06 bits per heavy atom. The summed E-state index contributed by atoms with van der Waals surface area (Å²) in [5.41, 5.74) is 7.93.